The lowest BCUT2D eigenvalue weighted by atomic mass is 10.0. The summed E-state index contributed by atoms with van der Waals surface area (Å²) >= 11 is 8.91. The van der Waals surface area contributed by atoms with Gasteiger partial charge in [-0.3, -0.25) is 9.36 Å². The van der Waals surface area contributed by atoms with Crippen LogP contribution in [0, 0.1) is 0 Å². The number of para-hydroxylation sites is 1. The third kappa shape index (κ3) is 3.82. The zero-order chi connectivity index (χ0) is 21.4. The van der Waals surface area contributed by atoms with Gasteiger partial charge in [-0.05, 0) is 54.2 Å². The number of aliphatic imine (C=N–C) groups is 1. The van der Waals surface area contributed by atoms with Crippen molar-refractivity contribution in [2.24, 2.45) is 4.99 Å². The molecule has 1 aliphatic heterocycles. The van der Waals surface area contributed by atoms with E-state index in [4.69, 9.17) is 17.2 Å². The number of thiocarbonyl (C=S) groups is 1. The van der Waals surface area contributed by atoms with Gasteiger partial charge in [0.2, 0.25) is 0 Å². The van der Waals surface area contributed by atoms with E-state index in [0.717, 1.165) is 21.4 Å². The summed E-state index contributed by atoms with van der Waals surface area (Å²) in [5.74, 6) is 0.608. The highest BCUT2D eigenvalue weighted by Gasteiger charge is 2.27. The van der Waals surface area contributed by atoms with Crippen LogP contribution in [0.2, 0.25) is 0 Å². The standard InChI is InChI=1S/C24H17BrN4OS/c25-16-10-12-17(13-11-16)29-22(26-19-9-5-4-8-18(19)23(29)30)21-14-20(27-24(31)28-21)15-6-2-1-3-7-15/h1-13,21H,14H2,(H,28,31). The number of aromatic nitrogens is 2. The predicted molar refractivity (Wildman–Crippen MR) is 131 cm³/mol. The highest BCUT2D eigenvalue weighted by Crippen LogP contribution is 2.25. The van der Waals surface area contributed by atoms with Crippen LogP contribution in [0.3, 0.4) is 0 Å². The maximum atomic E-state index is 13.5. The smallest absolute Gasteiger partial charge is 0.266 e. The third-order valence-corrected chi connectivity index (χ3v) is 5.97. The van der Waals surface area contributed by atoms with Crippen molar-refractivity contribution in [3.8, 4) is 5.69 Å². The van der Waals surface area contributed by atoms with E-state index in [1.807, 2.05) is 72.8 Å². The quantitative estimate of drug-likeness (QED) is 0.414. The Morgan fingerprint density at radius 3 is 2.45 bits per heavy atom. The zero-order valence-electron chi connectivity index (χ0n) is 16.3. The number of nitrogens with one attached hydrogen (secondary N) is 1. The highest BCUT2D eigenvalue weighted by molar-refractivity contribution is 9.10. The van der Waals surface area contributed by atoms with Gasteiger partial charge in [-0.15, -0.1) is 0 Å². The Bertz CT molecular complexity index is 1380. The Labute approximate surface area is 192 Å². The van der Waals surface area contributed by atoms with E-state index in [2.05, 4.69) is 26.2 Å². The number of rotatable bonds is 3. The van der Waals surface area contributed by atoms with Gasteiger partial charge in [-0.1, -0.05) is 58.4 Å². The third-order valence-electron chi connectivity index (χ3n) is 5.24. The fourth-order valence-electron chi connectivity index (χ4n) is 3.79. The minimum atomic E-state index is -0.291. The lowest BCUT2D eigenvalue weighted by Crippen LogP contribution is -2.38. The topological polar surface area (TPSA) is 59.3 Å². The molecule has 1 aliphatic rings. The second-order valence-corrected chi connectivity index (χ2v) is 8.54. The SMILES string of the molecule is O=c1c2ccccc2nc(C2CC(c3ccccc3)=NC(=S)N2)n1-c1ccc(Br)cc1. The van der Waals surface area contributed by atoms with Gasteiger partial charge in [-0.2, -0.15) is 0 Å². The van der Waals surface area contributed by atoms with Crippen molar-refractivity contribution >= 4 is 49.9 Å². The first-order valence-electron chi connectivity index (χ1n) is 9.81. The molecule has 1 atom stereocenters. The molecular formula is C24H17BrN4OS. The molecule has 4 aromatic rings. The average molecular weight is 489 g/mol. The van der Waals surface area contributed by atoms with Crippen LogP contribution in [-0.4, -0.2) is 20.4 Å². The van der Waals surface area contributed by atoms with Gasteiger partial charge in [-0.25, -0.2) is 9.98 Å². The summed E-state index contributed by atoms with van der Waals surface area (Å²) in [6.07, 6.45) is 0.561. The molecule has 5 nitrogen and oxygen atoms in total. The molecule has 0 aliphatic carbocycles. The average Bonchev–Trinajstić information content (AvgIpc) is 2.80. The van der Waals surface area contributed by atoms with Gasteiger partial charge < -0.3 is 5.32 Å². The van der Waals surface area contributed by atoms with Crippen LogP contribution in [0.1, 0.15) is 23.9 Å². The number of fused-ring (bicyclic) bond motifs is 1. The number of hydrogen-bond donors (Lipinski definition) is 1. The van der Waals surface area contributed by atoms with Crippen LogP contribution in [-0.2, 0) is 0 Å². The molecular weight excluding hydrogens is 472 g/mol. The molecule has 0 bridgehead atoms. The van der Waals surface area contributed by atoms with Crippen LogP contribution in [0.25, 0.3) is 16.6 Å². The molecule has 1 N–H and O–H groups in total. The lowest BCUT2D eigenvalue weighted by molar-refractivity contribution is 0.597. The number of hydrogen-bond acceptors (Lipinski definition) is 3. The Balaban J connectivity index is 1.69. The van der Waals surface area contributed by atoms with Crippen molar-refractivity contribution in [2.75, 3.05) is 0 Å². The minimum Gasteiger partial charge on any atom is -0.350 e. The molecule has 1 aromatic heterocycles. The summed E-state index contributed by atoms with van der Waals surface area (Å²) in [5.41, 5.74) is 3.18. The van der Waals surface area contributed by atoms with Crippen LogP contribution in [0.15, 0.2) is 93.1 Å². The summed E-state index contributed by atoms with van der Waals surface area (Å²) in [4.78, 5) is 23.0. The fourth-order valence-corrected chi connectivity index (χ4v) is 4.30. The molecule has 0 radical (unpaired) electrons. The van der Waals surface area contributed by atoms with Crippen molar-refractivity contribution in [2.45, 2.75) is 12.5 Å². The molecule has 3 aromatic carbocycles. The number of benzene rings is 3. The molecule has 1 unspecified atom stereocenters. The minimum absolute atomic E-state index is 0.112. The molecule has 7 heteroatoms. The first kappa shape index (κ1) is 19.8. The Morgan fingerprint density at radius 1 is 0.968 bits per heavy atom. The van der Waals surface area contributed by atoms with Crippen molar-refractivity contribution < 1.29 is 0 Å². The predicted octanol–water partition coefficient (Wildman–Crippen LogP) is 4.96. The summed E-state index contributed by atoms with van der Waals surface area (Å²) in [7, 11) is 0. The van der Waals surface area contributed by atoms with Crippen LogP contribution >= 0.6 is 28.1 Å². The molecule has 0 saturated carbocycles. The normalized spacial score (nSPS) is 16.1. The molecule has 0 spiro atoms. The van der Waals surface area contributed by atoms with Crippen molar-refractivity contribution in [1.82, 2.24) is 14.9 Å². The van der Waals surface area contributed by atoms with Crippen molar-refractivity contribution in [3.05, 3.63) is 105 Å². The maximum absolute atomic E-state index is 13.5. The molecule has 0 saturated heterocycles. The molecule has 31 heavy (non-hydrogen) atoms. The molecule has 0 amide bonds. The van der Waals surface area contributed by atoms with Crippen LogP contribution in [0.5, 0.6) is 0 Å². The van der Waals surface area contributed by atoms with E-state index in [1.165, 1.54) is 0 Å². The van der Waals surface area contributed by atoms with Gasteiger partial charge in [0.25, 0.3) is 5.56 Å². The van der Waals surface area contributed by atoms with E-state index in [0.29, 0.717) is 28.3 Å². The number of halogens is 1. The monoisotopic (exact) mass is 488 g/mol. The van der Waals surface area contributed by atoms with Gasteiger partial charge in [0.05, 0.1) is 28.3 Å². The molecule has 152 valence electrons. The van der Waals surface area contributed by atoms with Crippen LogP contribution < -0.4 is 10.9 Å². The van der Waals surface area contributed by atoms with Crippen molar-refractivity contribution in [1.29, 1.82) is 0 Å². The van der Waals surface area contributed by atoms with E-state index >= 15 is 0 Å². The number of nitrogens with zero attached hydrogens (tertiary/aromatic N) is 3. The summed E-state index contributed by atoms with van der Waals surface area (Å²) in [5, 5.41) is 4.22. The Kier molecular flexibility index (Phi) is 5.21. The molecule has 5 rings (SSSR count). The van der Waals surface area contributed by atoms with Gasteiger partial charge in [0.15, 0.2) is 5.11 Å². The summed E-state index contributed by atoms with van der Waals surface area (Å²) < 4.78 is 2.61. The first-order chi connectivity index (χ1) is 15.1. The van der Waals surface area contributed by atoms with Crippen LogP contribution in [0.4, 0.5) is 0 Å². The molecule has 2 heterocycles. The van der Waals surface area contributed by atoms with Crippen molar-refractivity contribution in [3.63, 3.8) is 0 Å². The van der Waals surface area contributed by atoms with E-state index in [-0.39, 0.29) is 11.6 Å². The van der Waals surface area contributed by atoms with Gasteiger partial charge >= 0.3 is 0 Å². The van der Waals surface area contributed by atoms with Gasteiger partial charge in [0, 0.05) is 10.9 Å². The summed E-state index contributed by atoms with van der Waals surface area (Å²) in [6.45, 7) is 0. The Hall–Kier alpha value is -3.16. The largest absolute Gasteiger partial charge is 0.350 e. The first-order valence-corrected chi connectivity index (χ1v) is 11.0. The molecule has 0 fully saturated rings. The Morgan fingerprint density at radius 2 is 1.68 bits per heavy atom. The van der Waals surface area contributed by atoms with E-state index < -0.39 is 0 Å². The van der Waals surface area contributed by atoms with Gasteiger partial charge in [0.1, 0.15) is 5.82 Å². The lowest BCUT2D eigenvalue weighted by Gasteiger charge is -2.27. The summed E-state index contributed by atoms with van der Waals surface area (Å²) in [6, 6.07) is 24.7. The highest BCUT2D eigenvalue weighted by atomic mass is 79.9. The fraction of sp³-hybridized carbons (Fsp3) is 0.0833. The second-order valence-electron chi connectivity index (χ2n) is 7.23. The maximum Gasteiger partial charge on any atom is 0.266 e. The second kappa shape index (κ2) is 8.17. The van der Waals surface area contributed by atoms with E-state index in [9.17, 15) is 4.79 Å². The van der Waals surface area contributed by atoms with E-state index in [1.54, 1.807) is 10.6 Å². The zero-order valence-corrected chi connectivity index (χ0v) is 18.7.